The van der Waals surface area contributed by atoms with Crippen LogP contribution in [0.3, 0.4) is 0 Å². The molecule has 1 atom stereocenters. The summed E-state index contributed by atoms with van der Waals surface area (Å²) >= 11 is 6.24. The van der Waals surface area contributed by atoms with Gasteiger partial charge >= 0.3 is 0 Å². The maximum atomic E-state index is 6.29. The highest BCUT2D eigenvalue weighted by Gasteiger charge is 2.30. The van der Waals surface area contributed by atoms with Gasteiger partial charge in [0.25, 0.3) is 0 Å². The van der Waals surface area contributed by atoms with E-state index in [-0.39, 0.29) is 11.6 Å². The van der Waals surface area contributed by atoms with E-state index in [1.807, 2.05) is 32.7 Å². The van der Waals surface area contributed by atoms with Crippen molar-refractivity contribution in [2.75, 3.05) is 14.1 Å². The Bertz CT molecular complexity index is 395. The Balaban J connectivity index is 2.92. The van der Waals surface area contributed by atoms with Crippen molar-refractivity contribution in [1.82, 2.24) is 14.7 Å². The van der Waals surface area contributed by atoms with Gasteiger partial charge in [0.05, 0.1) is 16.4 Å². The molecule has 0 aromatic carbocycles. The molecule has 0 bridgehead atoms. The number of hydrogen-bond acceptors (Lipinski definition) is 3. The van der Waals surface area contributed by atoms with Crippen LogP contribution in [0, 0.1) is 6.92 Å². The first kappa shape index (κ1) is 14.5. The Kier molecular flexibility index (Phi) is 4.23. The van der Waals surface area contributed by atoms with Crippen molar-refractivity contribution in [3.8, 4) is 0 Å². The normalized spacial score (nSPS) is 14.4. The molecule has 0 radical (unpaired) electrons. The van der Waals surface area contributed by atoms with E-state index in [1.165, 1.54) is 0 Å². The van der Waals surface area contributed by atoms with Crippen LogP contribution in [0.15, 0.2) is 0 Å². The zero-order chi connectivity index (χ0) is 13.4. The summed E-state index contributed by atoms with van der Waals surface area (Å²) in [6.07, 6.45) is 0.724. The molecular weight excluding hydrogens is 236 g/mol. The smallest absolute Gasteiger partial charge is 0.0847 e. The summed E-state index contributed by atoms with van der Waals surface area (Å²) in [4.78, 5) is 2.13. The van der Waals surface area contributed by atoms with Crippen LogP contribution < -0.4 is 5.73 Å². The largest absolute Gasteiger partial charge is 0.326 e. The predicted molar refractivity (Wildman–Crippen MR) is 72.4 cm³/mol. The maximum Gasteiger partial charge on any atom is 0.0847 e. The first-order chi connectivity index (χ1) is 7.67. The van der Waals surface area contributed by atoms with Gasteiger partial charge in [0, 0.05) is 25.0 Å². The highest BCUT2D eigenvalue weighted by atomic mass is 35.5. The molecule has 1 aromatic rings. The van der Waals surface area contributed by atoms with Gasteiger partial charge in [-0.2, -0.15) is 5.10 Å². The lowest BCUT2D eigenvalue weighted by Gasteiger charge is -2.38. The maximum absolute atomic E-state index is 6.29. The molecule has 17 heavy (non-hydrogen) atoms. The van der Waals surface area contributed by atoms with Crippen molar-refractivity contribution >= 4 is 11.6 Å². The van der Waals surface area contributed by atoms with Crippen molar-refractivity contribution < 1.29 is 0 Å². The SMILES string of the molecule is Cc1nn(C)c(CC(N)C(C)(C)N(C)C)c1Cl. The molecule has 0 spiro atoms. The summed E-state index contributed by atoms with van der Waals surface area (Å²) in [5.41, 5.74) is 8.07. The Morgan fingerprint density at radius 3 is 2.35 bits per heavy atom. The minimum Gasteiger partial charge on any atom is -0.326 e. The first-order valence-corrected chi connectivity index (χ1v) is 6.16. The van der Waals surface area contributed by atoms with E-state index in [9.17, 15) is 0 Å². The average Bonchev–Trinajstić information content (AvgIpc) is 2.44. The molecule has 0 aliphatic heterocycles. The van der Waals surface area contributed by atoms with Gasteiger partial charge in [0.2, 0.25) is 0 Å². The molecule has 0 amide bonds. The van der Waals surface area contributed by atoms with Crippen LogP contribution in [-0.4, -0.2) is 40.4 Å². The van der Waals surface area contributed by atoms with Crippen LogP contribution in [-0.2, 0) is 13.5 Å². The summed E-state index contributed by atoms with van der Waals surface area (Å²) < 4.78 is 1.82. The van der Waals surface area contributed by atoms with E-state index < -0.39 is 0 Å². The highest BCUT2D eigenvalue weighted by Crippen LogP contribution is 2.24. The number of rotatable bonds is 4. The lowest BCUT2D eigenvalue weighted by atomic mass is 9.90. The molecule has 0 saturated carbocycles. The number of hydrogen-bond donors (Lipinski definition) is 1. The van der Waals surface area contributed by atoms with Crippen LogP contribution in [0.1, 0.15) is 25.2 Å². The lowest BCUT2D eigenvalue weighted by Crippen LogP contribution is -2.54. The van der Waals surface area contributed by atoms with E-state index in [1.54, 1.807) is 0 Å². The van der Waals surface area contributed by atoms with Crippen molar-refractivity contribution in [3.63, 3.8) is 0 Å². The molecule has 4 nitrogen and oxygen atoms in total. The van der Waals surface area contributed by atoms with E-state index >= 15 is 0 Å². The Labute approximate surface area is 109 Å². The van der Waals surface area contributed by atoms with Crippen molar-refractivity contribution in [3.05, 3.63) is 16.4 Å². The van der Waals surface area contributed by atoms with E-state index in [0.29, 0.717) is 0 Å². The lowest BCUT2D eigenvalue weighted by molar-refractivity contribution is 0.157. The molecule has 0 aliphatic rings. The molecule has 1 rings (SSSR count). The Morgan fingerprint density at radius 1 is 1.47 bits per heavy atom. The molecule has 5 heteroatoms. The fourth-order valence-corrected chi connectivity index (χ4v) is 1.93. The second-order valence-corrected chi connectivity index (χ2v) is 5.71. The van der Waals surface area contributed by atoms with Crippen molar-refractivity contribution in [2.24, 2.45) is 12.8 Å². The molecule has 1 aromatic heterocycles. The molecule has 1 heterocycles. The third-order valence-corrected chi connectivity index (χ3v) is 4.23. The number of aryl methyl sites for hydroxylation is 2. The molecule has 0 fully saturated rings. The summed E-state index contributed by atoms with van der Waals surface area (Å²) in [7, 11) is 5.98. The zero-order valence-corrected chi connectivity index (χ0v) is 12.3. The standard InChI is InChI=1S/C12H23ClN4/c1-8-11(13)9(17(6)15-8)7-10(14)12(2,3)16(4)5/h10H,7,14H2,1-6H3. The van der Waals surface area contributed by atoms with E-state index in [2.05, 4.69) is 23.8 Å². The molecule has 2 N–H and O–H groups in total. The third-order valence-electron chi connectivity index (χ3n) is 3.73. The fourth-order valence-electron chi connectivity index (χ4n) is 1.69. The minimum atomic E-state index is -0.0818. The number of aromatic nitrogens is 2. The summed E-state index contributed by atoms with van der Waals surface area (Å²) in [5.74, 6) is 0. The van der Waals surface area contributed by atoms with Crippen LogP contribution in [0.5, 0.6) is 0 Å². The van der Waals surface area contributed by atoms with Gasteiger partial charge in [-0.05, 0) is 34.9 Å². The second-order valence-electron chi connectivity index (χ2n) is 5.33. The van der Waals surface area contributed by atoms with Crippen LogP contribution in [0.2, 0.25) is 5.02 Å². The van der Waals surface area contributed by atoms with Gasteiger partial charge in [-0.3, -0.25) is 4.68 Å². The van der Waals surface area contributed by atoms with Crippen LogP contribution >= 0.6 is 11.6 Å². The number of halogens is 1. The van der Waals surface area contributed by atoms with Gasteiger partial charge in [0.15, 0.2) is 0 Å². The second kappa shape index (κ2) is 4.96. The van der Waals surface area contributed by atoms with Gasteiger partial charge in [-0.25, -0.2) is 0 Å². The fraction of sp³-hybridized carbons (Fsp3) is 0.750. The molecule has 0 saturated heterocycles. The number of nitrogens with zero attached hydrogens (tertiary/aromatic N) is 3. The minimum absolute atomic E-state index is 0.00444. The predicted octanol–water partition coefficient (Wildman–Crippen LogP) is 1.59. The molecule has 1 unspecified atom stereocenters. The van der Waals surface area contributed by atoms with Crippen LogP contribution in [0.4, 0.5) is 0 Å². The quantitative estimate of drug-likeness (QED) is 0.892. The molecule has 0 aliphatic carbocycles. The summed E-state index contributed by atoms with van der Waals surface area (Å²) in [5, 5.41) is 5.04. The van der Waals surface area contributed by atoms with E-state index in [4.69, 9.17) is 17.3 Å². The summed E-state index contributed by atoms with van der Waals surface area (Å²) in [6.45, 7) is 6.18. The monoisotopic (exact) mass is 258 g/mol. The first-order valence-electron chi connectivity index (χ1n) is 5.79. The van der Waals surface area contributed by atoms with E-state index in [0.717, 1.165) is 22.8 Å². The topological polar surface area (TPSA) is 47.1 Å². The Morgan fingerprint density at radius 2 is 2.00 bits per heavy atom. The highest BCUT2D eigenvalue weighted by molar-refractivity contribution is 6.31. The Hall–Kier alpha value is -0.580. The van der Waals surface area contributed by atoms with Gasteiger partial charge in [-0.1, -0.05) is 11.6 Å². The van der Waals surface area contributed by atoms with Gasteiger partial charge in [-0.15, -0.1) is 0 Å². The summed E-state index contributed by atoms with van der Waals surface area (Å²) in [6, 6.07) is 0.00444. The average molecular weight is 259 g/mol. The zero-order valence-electron chi connectivity index (χ0n) is 11.6. The van der Waals surface area contributed by atoms with Gasteiger partial charge < -0.3 is 10.6 Å². The molecular formula is C12H23ClN4. The van der Waals surface area contributed by atoms with Crippen LogP contribution in [0.25, 0.3) is 0 Å². The van der Waals surface area contributed by atoms with Gasteiger partial charge in [0.1, 0.15) is 0 Å². The third kappa shape index (κ3) is 2.81. The van der Waals surface area contributed by atoms with Crippen molar-refractivity contribution in [2.45, 2.75) is 38.8 Å². The number of likely N-dealkylation sites (N-methyl/N-ethyl adjacent to an activating group) is 1. The molecule has 98 valence electrons. The van der Waals surface area contributed by atoms with Crippen molar-refractivity contribution in [1.29, 1.82) is 0 Å². The number of nitrogens with two attached hydrogens (primary N) is 1.